The number of thioether (sulfide) groups is 1. The van der Waals surface area contributed by atoms with Crippen molar-refractivity contribution in [1.82, 2.24) is 0 Å². The van der Waals surface area contributed by atoms with Crippen LogP contribution in [-0.2, 0) is 4.79 Å². The number of carbonyl (C=O) groups is 2. The summed E-state index contributed by atoms with van der Waals surface area (Å²) in [4.78, 5) is 24.5. The largest absolute Gasteiger partial charge is 0.325 e. The van der Waals surface area contributed by atoms with E-state index in [9.17, 15) is 9.59 Å². The summed E-state index contributed by atoms with van der Waals surface area (Å²) in [7, 11) is 0. The van der Waals surface area contributed by atoms with Crippen LogP contribution in [0.5, 0.6) is 0 Å². The Balaban J connectivity index is 1.96. The van der Waals surface area contributed by atoms with Gasteiger partial charge in [-0.25, -0.2) is 0 Å². The van der Waals surface area contributed by atoms with Gasteiger partial charge >= 0.3 is 0 Å². The molecule has 0 fully saturated rings. The number of nitrogens with one attached hydrogen (secondary N) is 1. The molecule has 0 radical (unpaired) electrons. The molecular weight excluding hydrogens is 350 g/mol. The lowest BCUT2D eigenvalue weighted by Gasteiger charge is -2.08. The quantitative estimate of drug-likeness (QED) is 0.633. The number of benzene rings is 2. The first-order chi connectivity index (χ1) is 10.1. The van der Waals surface area contributed by atoms with Crippen molar-refractivity contribution in [3.05, 3.63) is 58.6 Å². The average molecular weight is 364 g/mol. The molecule has 1 amide bonds. The van der Waals surface area contributed by atoms with Gasteiger partial charge in [0.2, 0.25) is 5.91 Å². The Kier molecular flexibility index (Phi) is 5.59. The molecule has 2 aromatic carbocycles. The van der Waals surface area contributed by atoms with Gasteiger partial charge in [-0.15, -0.1) is 11.8 Å². The summed E-state index contributed by atoms with van der Waals surface area (Å²) in [6, 6.07) is 14.8. The van der Waals surface area contributed by atoms with Crippen molar-refractivity contribution in [3.63, 3.8) is 0 Å². The van der Waals surface area contributed by atoms with Crippen LogP contribution in [0.15, 0.2) is 57.9 Å². The Bertz CT molecular complexity index is 656. The topological polar surface area (TPSA) is 46.2 Å². The van der Waals surface area contributed by atoms with Gasteiger partial charge < -0.3 is 5.32 Å². The van der Waals surface area contributed by atoms with E-state index in [1.54, 1.807) is 24.3 Å². The van der Waals surface area contributed by atoms with Gasteiger partial charge in [0.15, 0.2) is 5.78 Å². The summed E-state index contributed by atoms with van der Waals surface area (Å²) in [6.45, 7) is 1.49. The number of anilines is 1. The van der Waals surface area contributed by atoms with Crippen LogP contribution in [0.4, 0.5) is 5.69 Å². The second-order valence-electron chi connectivity index (χ2n) is 4.39. The van der Waals surface area contributed by atoms with Gasteiger partial charge in [-0.3, -0.25) is 9.59 Å². The van der Waals surface area contributed by atoms with Crippen LogP contribution in [0.25, 0.3) is 0 Å². The molecule has 3 nitrogen and oxygen atoms in total. The molecule has 2 rings (SSSR count). The Morgan fingerprint density at radius 2 is 1.76 bits per heavy atom. The third-order valence-corrected chi connectivity index (χ3v) is 4.30. The molecule has 2 aromatic rings. The van der Waals surface area contributed by atoms with Crippen molar-refractivity contribution in [2.24, 2.45) is 0 Å². The minimum atomic E-state index is -0.128. The second-order valence-corrected chi connectivity index (χ2v) is 6.36. The molecule has 0 aromatic heterocycles. The second kappa shape index (κ2) is 7.43. The number of Topliss-reactive ketones (excluding diaryl/α,β-unsaturated/α-hetero) is 1. The minimum absolute atomic E-state index is 0.0635. The van der Waals surface area contributed by atoms with E-state index in [-0.39, 0.29) is 11.7 Å². The van der Waals surface area contributed by atoms with Gasteiger partial charge in [0.1, 0.15) is 0 Å². The lowest BCUT2D eigenvalue weighted by atomic mass is 10.1. The number of amides is 1. The predicted octanol–water partition coefficient (Wildman–Crippen LogP) is 4.38. The van der Waals surface area contributed by atoms with E-state index < -0.39 is 0 Å². The van der Waals surface area contributed by atoms with E-state index in [2.05, 4.69) is 21.2 Å². The van der Waals surface area contributed by atoms with E-state index >= 15 is 0 Å². The summed E-state index contributed by atoms with van der Waals surface area (Å²) in [5.41, 5.74) is 1.09. The molecule has 0 aliphatic carbocycles. The molecule has 5 heteroatoms. The number of halogens is 1. The third-order valence-electron chi connectivity index (χ3n) is 2.76. The Hall–Kier alpha value is -1.59. The predicted molar refractivity (Wildman–Crippen MR) is 89.9 cm³/mol. The molecule has 0 aliphatic rings. The van der Waals surface area contributed by atoms with Crippen LogP contribution in [0, 0.1) is 0 Å². The van der Waals surface area contributed by atoms with E-state index in [1.807, 2.05) is 24.3 Å². The molecule has 0 saturated carbocycles. The van der Waals surface area contributed by atoms with E-state index in [0.29, 0.717) is 17.0 Å². The lowest BCUT2D eigenvalue weighted by molar-refractivity contribution is -0.113. The zero-order chi connectivity index (χ0) is 15.2. The van der Waals surface area contributed by atoms with E-state index in [1.165, 1.54) is 18.7 Å². The van der Waals surface area contributed by atoms with Crippen molar-refractivity contribution in [1.29, 1.82) is 0 Å². The first-order valence-corrected chi connectivity index (χ1v) is 8.12. The van der Waals surface area contributed by atoms with Gasteiger partial charge in [0.25, 0.3) is 0 Å². The van der Waals surface area contributed by atoms with Crippen molar-refractivity contribution in [2.75, 3.05) is 11.1 Å². The normalized spacial score (nSPS) is 10.2. The number of ketones is 1. The third kappa shape index (κ3) is 4.72. The monoisotopic (exact) mass is 363 g/mol. The number of para-hydroxylation sites is 1. The van der Waals surface area contributed by atoms with Crippen LogP contribution in [0.2, 0.25) is 0 Å². The summed E-state index contributed by atoms with van der Waals surface area (Å²) in [5, 5.41) is 2.78. The molecular formula is C16H14BrNO2S. The van der Waals surface area contributed by atoms with Crippen LogP contribution in [0.1, 0.15) is 17.3 Å². The van der Waals surface area contributed by atoms with Crippen molar-refractivity contribution >= 4 is 45.1 Å². The Morgan fingerprint density at radius 1 is 1.10 bits per heavy atom. The number of hydrogen-bond donors (Lipinski definition) is 1. The van der Waals surface area contributed by atoms with Crippen molar-refractivity contribution in [2.45, 2.75) is 11.8 Å². The molecule has 0 bridgehead atoms. The van der Waals surface area contributed by atoms with E-state index in [4.69, 9.17) is 0 Å². The molecule has 0 saturated heterocycles. The van der Waals surface area contributed by atoms with Crippen LogP contribution < -0.4 is 5.32 Å². The van der Waals surface area contributed by atoms with Gasteiger partial charge in [-0.2, -0.15) is 0 Å². The average Bonchev–Trinajstić information content (AvgIpc) is 2.47. The highest BCUT2D eigenvalue weighted by atomic mass is 79.9. The van der Waals surface area contributed by atoms with Crippen molar-refractivity contribution in [3.8, 4) is 0 Å². The maximum Gasteiger partial charge on any atom is 0.234 e. The molecule has 0 unspecified atom stereocenters. The van der Waals surface area contributed by atoms with E-state index in [0.717, 1.165) is 9.37 Å². The number of hydrogen-bond acceptors (Lipinski definition) is 3. The Labute approximate surface area is 136 Å². The SMILES string of the molecule is CC(=O)c1ccccc1NC(=O)CSc1ccc(Br)cc1. The molecule has 0 atom stereocenters. The maximum absolute atomic E-state index is 12.0. The minimum Gasteiger partial charge on any atom is -0.325 e. The highest BCUT2D eigenvalue weighted by Crippen LogP contribution is 2.21. The first-order valence-electron chi connectivity index (χ1n) is 6.34. The van der Waals surface area contributed by atoms with Crippen LogP contribution >= 0.6 is 27.7 Å². The number of rotatable bonds is 5. The maximum atomic E-state index is 12.0. The fourth-order valence-electron chi connectivity index (χ4n) is 1.77. The van der Waals surface area contributed by atoms with Crippen LogP contribution in [0.3, 0.4) is 0 Å². The number of carbonyl (C=O) groups excluding carboxylic acids is 2. The fourth-order valence-corrected chi connectivity index (χ4v) is 2.73. The molecule has 0 heterocycles. The summed E-state index contributed by atoms with van der Waals surface area (Å²) >= 11 is 4.82. The van der Waals surface area contributed by atoms with Gasteiger partial charge in [-0.05, 0) is 43.3 Å². The first kappa shape index (κ1) is 15.8. The van der Waals surface area contributed by atoms with Crippen molar-refractivity contribution < 1.29 is 9.59 Å². The molecule has 1 N–H and O–H groups in total. The zero-order valence-corrected chi connectivity index (χ0v) is 13.8. The zero-order valence-electron chi connectivity index (χ0n) is 11.4. The summed E-state index contributed by atoms with van der Waals surface area (Å²) in [6.07, 6.45) is 0. The molecule has 108 valence electrons. The van der Waals surface area contributed by atoms with Gasteiger partial charge in [0, 0.05) is 14.9 Å². The lowest BCUT2D eigenvalue weighted by Crippen LogP contribution is -2.16. The molecule has 21 heavy (non-hydrogen) atoms. The van der Waals surface area contributed by atoms with Crippen LogP contribution in [-0.4, -0.2) is 17.4 Å². The molecule has 0 aliphatic heterocycles. The molecule has 0 spiro atoms. The Morgan fingerprint density at radius 3 is 2.43 bits per heavy atom. The summed E-state index contributed by atoms with van der Waals surface area (Å²) < 4.78 is 1.01. The smallest absolute Gasteiger partial charge is 0.234 e. The summed E-state index contributed by atoms with van der Waals surface area (Å²) in [5.74, 6) is 0.108. The standard InChI is InChI=1S/C16H14BrNO2S/c1-11(19)14-4-2-3-5-15(14)18-16(20)10-21-13-8-6-12(17)7-9-13/h2-9H,10H2,1H3,(H,18,20). The fraction of sp³-hybridized carbons (Fsp3) is 0.125. The van der Waals surface area contributed by atoms with Gasteiger partial charge in [-0.1, -0.05) is 28.1 Å². The highest BCUT2D eigenvalue weighted by molar-refractivity contribution is 9.10. The highest BCUT2D eigenvalue weighted by Gasteiger charge is 2.09. The van der Waals surface area contributed by atoms with Gasteiger partial charge in [0.05, 0.1) is 11.4 Å².